The summed E-state index contributed by atoms with van der Waals surface area (Å²) in [5.41, 5.74) is 0.795. The van der Waals surface area contributed by atoms with E-state index in [0.717, 1.165) is 49.7 Å². The number of aldehydes is 1. The van der Waals surface area contributed by atoms with E-state index in [0.29, 0.717) is 23.7 Å². The van der Waals surface area contributed by atoms with Gasteiger partial charge in [-0.2, -0.15) is 0 Å². The van der Waals surface area contributed by atoms with Crippen LogP contribution < -0.4 is 0 Å². The number of hydrogen-bond donors (Lipinski definition) is 0. The van der Waals surface area contributed by atoms with Crippen molar-refractivity contribution in [3.63, 3.8) is 0 Å². The summed E-state index contributed by atoms with van der Waals surface area (Å²) in [6.07, 6.45) is 9.70. The Morgan fingerprint density at radius 2 is 1.79 bits per heavy atom. The average molecular weight is 389 g/mol. The van der Waals surface area contributed by atoms with Gasteiger partial charge in [-0.15, -0.1) is 0 Å². The molecule has 0 aromatic heterocycles. The lowest BCUT2D eigenvalue weighted by Gasteiger charge is -2.61. The predicted octanol–water partition coefficient (Wildman–Crippen LogP) is 5.06. The first-order valence-electron chi connectivity index (χ1n) is 11.1. The van der Waals surface area contributed by atoms with Crippen LogP contribution in [0.5, 0.6) is 0 Å². The molecule has 3 fully saturated rings. The molecule has 0 saturated heterocycles. The molecule has 4 aliphatic rings. The number of ether oxygens (including phenoxy) is 2. The van der Waals surface area contributed by atoms with E-state index in [1.807, 2.05) is 0 Å². The number of carbonyl (C=O) groups excluding carboxylic acids is 2. The molecule has 0 spiro atoms. The number of carbonyl (C=O) groups is 2. The van der Waals surface area contributed by atoms with Gasteiger partial charge in [0.1, 0.15) is 17.6 Å². The molecular weight excluding hydrogens is 352 g/mol. The van der Waals surface area contributed by atoms with E-state index in [1.165, 1.54) is 19.3 Å². The van der Waals surface area contributed by atoms with Crippen molar-refractivity contribution in [3.8, 4) is 0 Å². The fourth-order valence-electron chi connectivity index (χ4n) is 8.04. The van der Waals surface area contributed by atoms with Crippen molar-refractivity contribution in [2.75, 3.05) is 7.11 Å². The summed E-state index contributed by atoms with van der Waals surface area (Å²) >= 11 is 0. The van der Waals surface area contributed by atoms with Crippen LogP contribution in [-0.2, 0) is 19.1 Å². The Morgan fingerprint density at radius 1 is 1.07 bits per heavy atom. The van der Waals surface area contributed by atoms with Gasteiger partial charge in [-0.25, -0.2) is 0 Å². The van der Waals surface area contributed by atoms with Crippen LogP contribution >= 0.6 is 0 Å². The molecule has 0 heterocycles. The molecule has 4 aliphatic carbocycles. The van der Waals surface area contributed by atoms with Gasteiger partial charge >= 0.3 is 5.97 Å². The Balaban J connectivity index is 1.64. The number of hydrogen-bond acceptors (Lipinski definition) is 4. The first-order chi connectivity index (χ1) is 13.2. The van der Waals surface area contributed by atoms with Gasteiger partial charge in [-0.1, -0.05) is 13.8 Å². The van der Waals surface area contributed by atoms with E-state index < -0.39 is 0 Å². The highest BCUT2D eigenvalue weighted by Crippen LogP contribution is 2.69. The summed E-state index contributed by atoms with van der Waals surface area (Å²) in [5, 5.41) is 0. The maximum atomic E-state index is 11.8. The molecule has 0 aromatic rings. The lowest BCUT2D eigenvalue weighted by Crippen LogP contribution is -2.56. The van der Waals surface area contributed by atoms with Crippen molar-refractivity contribution in [1.82, 2.24) is 0 Å². The number of esters is 1. The normalized spacial score (nSPS) is 47.6. The Labute approximate surface area is 169 Å². The standard InChI is InChI=1S/C24H36O4/c1-15(26)28-24(4)11-9-20-18-7-6-17-12-21(27-5)16(14-25)13-22(17,2)19(18)8-10-23(20,24)3/h14,17-20H,6-13H2,1-5H3. The second-order valence-corrected chi connectivity index (χ2v) is 10.6. The van der Waals surface area contributed by atoms with Gasteiger partial charge in [0.15, 0.2) is 0 Å². The second kappa shape index (κ2) is 6.60. The Hall–Kier alpha value is -1.32. The Bertz CT molecular complexity index is 711. The zero-order valence-electron chi connectivity index (χ0n) is 18.2. The summed E-state index contributed by atoms with van der Waals surface area (Å²) in [7, 11) is 1.70. The molecular formula is C24H36O4. The van der Waals surface area contributed by atoms with Gasteiger partial charge < -0.3 is 9.47 Å². The van der Waals surface area contributed by atoms with Gasteiger partial charge in [0.2, 0.25) is 0 Å². The predicted molar refractivity (Wildman–Crippen MR) is 107 cm³/mol. The molecule has 4 rings (SSSR count). The molecule has 3 saturated carbocycles. The lowest BCUT2D eigenvalue weighted by atomic mass is 9.44. The van der Waals surface area contributed by atoms with Crippen molar-refractivity contribution < 1.29 is 19.1 Å². The van der Waals surface area contributed by atoms with E-state index in [2.05, 4.69) is 20.8 Å². The van der Waals surface area contributed by atoms with Gasteiger partial charge in [0, 0.05) is 24.3 Å². The number of allylic oxidation sites excluding steroid dienone is 2. The average Bonchev–Trinajstić information content (AvgIpc) is 2.90. The number of methoxy groups -OCH3 is 1. The highest BCUT2D eigenvalue weighted by atomic mass is 16.6. The third-order valence-electron chi connectivity index (χ3n) is 9.71. The van der Waals surface area contributed by atoms with Crippen LogP contribution in [0, 0.1) is 34.5 Å². The molecule has 0 N–H and O–H groups in total. The van der Waals surface area contributed by atoms with Crippen LogP contribution in [0.4, 0.5) is 0 Å². The van der Waals surface area contributed by atoms with E-state index in [1.54, 1.807) is 14.0 Å². The molecule has 7 atom stereocenters. The van der Waals surface area contributed by atoms with Crippen LogP contribution in [-0.4, -0.2) is 25.0 Å². The van der Waals surface area contributed by atoms with Crippen LogP contribution in [0.3, 0.4) is 0 Å². The van der Waals surface area contributed by atoms with Crippen LogP contribution in [0.2, 0.25) is 0 Å². The molecule has 0 radical (unpaired) electrons. The van der Waals surface area contributed by atoms with Crippen molar-refractivity contribution in [2.24, 2.45) is 34.5 Å². The number of fused-ring (bicyclic) bond motifs is 5. The van der Waals surface area contributed by atoms with Crippen LogP contribution in [0.15, 0.2) is 11.3 Å². The zero-order chi connectivity index (χ0) is 20.3. The molecule has 0 aliphatic heterocycles. The van der Waals surface area contributed by atoms with Crippen molar-refractivity contribution in [3.05, 3.63) is 11.3 Å². The third kappa shape index (κ3) is 2.62. The molecule has 4 nitrogen and oxygen atoms in total. The monoisotopic (exact) mass is 388 g/mol. The maximum absolute atomic E-state index is 11.8. The molecule has 156 valence electrons. The van der Waals surface area contributed by atoms with Gasteiger partial charge in [-0.3, -0.25) is 9.59 Å². The summed E-state index contributed by atoms with van der Waals surface area (Å²) < 4.78 is 11.5. The van der Waals surface area contributed by atoms with E-state index >= 15 is 0 Å². The van der Waals surface area contributed by atoms with E-state index in [4.69, 9.17) is 9.47 Å². The molecule has 4 heteroatoms. The quantitative estimate of drug-likeness (QED) is 0.501. The molecule has 0 amide bonds. The maximum Gasteiger partial charge on any atom is 0.303 e. The van der Waals surface area contributed by atoms with E-state index in [9.17, 15) is 9.59 Å². The summed E-state index contributed by atoms with van der Waals surface area (Å²) in [6, 6.07) is 0. The highest BCUT2D eigenvalue weighted by molar-refractivity contribution is 5.74. The van der Waals surface area contributed by atoms with Gasteiger partial charge in [-0.05, 0) is 81.0 Å². The Morgan fingerprint density at radius 3 is 2.43 bits per heavy atom. The van der Waals surface area contributed by atoms with Crippen molar-refractivity contribution in [1.29, 1.82) is 0 Å². The summed E-state index contributed by atoms with van der Waals surface area (Å²) in [4.78, 5) is 23.5. The largest absolute Gasteiger partial charge is 0.501 e. The fourth-order valence-corrected chi connectivity index (χ4v) is 8.04. The first kappa shape index (κ1) is 20.0. The topological polar surface area (TPSA) is 52.6 Å². The van der Waals surface area contributed by atoms with Gasteiger partial charge in [0.05, 0.1) is 7.11 Å². The zero-order valence-corrected chi connectivity index (χ0v) is 18.2. The highest BCUT2D eigenvalue weighted by Gasteiger charge is 2.64. The fraction of sp³-hybridized carbons (Fsp3) is 0.833. The second-order valence-electron chi connectivity index (χ2n) is 10.6. The summed E-state index contributed by atoms with van der Waals surface area (Å²) in [6.45, 7) is 8.52. The lowest BCUT2D eigenvalue weighted by molar-refractivity contribution is -0.182. The minimum absolute atomic E-state index is 0.0682. The summed E-state index contributed by atoms with van der Waals surface area (Å²) in [5.74, 6) is 3.31. The van der Waals surface area contributed by atoms with E-state index in [-0.39, 0.29) is 22.4 Å². The third-order valence-corrected chi connectivity index (χ3v) is 9.71. The smallest absolute Gasteiger partial charge is 0.303 e. The van der Waals surface area contributed by atoms with Crippen molar-refractivity contribution in [2.45, 2.75) is 84.7 Å². The first-order valence-corrected chi connectivity index (χ1v) is 11.1. The van der Waals surface area contributed by atoms with Gasteiger partial charge in [0.25, 0.3) is 0 Å². The number of rotatable bonds is 3. The minimum atomic E-state index is -0.337. The molecule has 0 aromatic carbocycles. The van der Waals surface area contributed by atoms with Crippen LogP contribution in [0.25, 0.3) is 0 Å². The molecule has 0 bridgehead atoms. The van der Waals surface area contributed by atoms with Crippen molar-refractivity contribution >= 4 is 12.3 Å². The molecule has 28 heavy (non-hydrogen) atoms. The SMILES string of the molecule is COC1=C(C=O)CC2(C)C(CCC3C2CCC2(C)C3CCC2(C)OC(C)=O)C1. The minimum Gasteiger partial charge on any atom is -0.501 e. The van der Waals surface area contributed by atoms with Crippen LogP contribution in [0.1, 0.15) is 79.1 Å². The Kier molecular flexibility index (Phi) is 4.71. The molecule has 7 unspecified atom stereocenters.